The van der Waals surface area contributed by atoms with Gasteiger partial charge in [-0.1, -0.05) is 20.8 Å². The van der Waals surface area contributed by atoms with E-state index in [9.17, 15) is 9.90 Å². The van der Waals surface area contributed by atoms with Crippen LogP contribution >= 0.6 is 0 Å². The standard InChI is InChI=1S/C11H21NO2/c1-10(2,3)8-12-7-5-6-11(12,4)9(13)14/h5-8H2,1-4H3,(H,13,14). The fourth-order valence-corrected chi connectivity index (χ4v) is 2.09. The predicted octanol–water partition coefficient (Wildman–Crippen LogP) is 1.97. The maximum Gasteiger partial charge on any atom is 0.323 e. The zero-order chi connectivity index (χ0) is 11.0. The molecule has 1 fully saturated rings. The van der Waals surface area contributed by atoms with Crippen molar-refractivity contribution in [3.63, 3.8) is 0 Å². The molecule has 0 aromatic heterocycles. The van der Waals surface area contributed by atoms with Crippen LogP contribution in [0, 0.1) is 5.41 Å². The summed E-state index contributed by atoms with van der Waals surface area (Å²) >= 11 is 0. The van der Waals surface area contributed by atoms with Gasteiger partial charge in [-0.05, 0) is 31.7 Å². The van der Waals surface area contributed by atoms with Crippen molar-refractivity contribution >= 4 is 5.97 Å². The Balaban J connectivity index is 2.74. The molecule has 0 aliphatic carbocycles. The van der Waals surface area contributed by atoms with Crippen molar-refractivity contribution in [2.75, 3.05) is 13.1 Å². The SMILES string of the molecule is CC(C)(C)CN1CCCC1(C)C(=O)O. The van der Waals surface area contributed by atoms with Crippen molar-refractivity contribution in [2.24, 2.45) is 5.41 Å². The molecule has 1 rings (SSSR count). The molecule has 82 valence electrons. The Morgan fingerprint density at radius 3 is 2.50 bits per heavy atom. The maximum atomic E-state index is 11.2. The largest absolute Gasteiger partial charge is 0.480 e. The summed E-state index contributed by atoms with van der Waals surface area (Å²) in [7, 11) is 0. The second-order valence-corrected chi connectivity index (χ2v) is 5.66. The first-order valence-electron chi connectivity index (χ1n) is 5.24. The molecule has 14 heavy (non-hydrogen) atoms. The van der Waals surface area contributed by atoms with Crippen LogP contribution < -0.4 is 0 Å². The van der Waals surface area contributed by atoms with Gasteiger partial charge in [0.2, 0.25) is 0 Å². The molecule has 0 saturated carbocycles. The number of nitrogens with zero attached hydrogens (tertiary/aromatic N) is 1. The van der Waals surface area contributed by atoms with Crippen LogP contribution in [-0.2, 0) is 4.79 Å². The van der Waals surface area contributed by atoms with Gasteiger partial charge in [-0.3, -0.25) is 9.69 Å². The highest BCUT2D eigenvalue weighted by Gasteiger charge is 2.44. The Morgan fingerprint density at radius 1 is 1.50 bits per heavy atom. The number of likely N-dealkylation sites (tertiary alicyclic amines) is 1. The fraction of sp³-hybridized carbons (Fsp3) is 0.909. The number of carboxylic acid groups (broad SMARTS) is 1. The second kappa shape index (κ2) is 3.54. The van der Waals surface area contributed by atoms with Crippen LogP contribution in [0.1, 0.15) is 40.5 Å². The van der Waals surface area contributed by atoms with Crippen molar-refractivity contribution in [1.29, 1.82) is 0 Å². The van der Waals surface area contributed by atoms with Gasteiger partial charge in [-0.15, -0.1) is 0 Å². The number of aliphatic carboxylic acids is 1. The van der Waals surface area contributed by atoms with Gasteiger partial charge in [0.1, 0.15) is 5.54 Å². The maximum absolute atomic E-state index is 11.2. The summed E-state index contributed by atoms with van der Waals surface area (Å²) in [6.45, 7) is 10.1. The van der Waals surface area contributed by atoms with Crippen LogP contribution in [-0.4, -0.2) is 34.6 Å². The highest BCUT2D eigenvalue weighted by molar-refractivity contribution is 5.78. The predicted molar refractivity (Wildman–Crippen MR) is 56.3 cm³/mol. The first-order chi connectivity index (χ1) is 6.26. The van der Waals surface area contributed by atoms with E-state index in [0.717, 1.165) is 25.9 Å². The normalized spacial score (nSPS) is 29.4. The first kappa shape index (κ1) is 11.5. The second-order valence-electron chi connectivity index (χ2n) is 5.66. The quantitative estimate of drug-likeness (QED) is 0.739. The van der Waals surface area contributed by atoms with E-state index in [1.165, 1.54) is 0 Å². The summed E-state index contributed by atoms with van der Waals surface area (Å²) < 4.78 is 0. The van der Waals surface area contributed by atoms with Gasteiger partial charge in [0.05, 0.1) is 0 Å². The molecule has 1 atom stereocenters. The molecule has 3 heteroatoms. The summed E-state index contributed by atoms with van der Waals surface area (Å²) in [5.74, 6) is -0.681. The van der Waals surface area contributed by atoms with Crippen molar-refractivity contribution in [2.45, 2.75) is 46.1 Å². The van der Waals surface area contributed by atoms with Crippen LogP contribution in [0.4, 0.5) is 0 Å². The van der Waals surface area contributed by atoms with E-state index in [-0.39, 0.29) is 5.41 Å². The van der Waals surface area contributed by atoms with Crippen molar-refractivity contribution in [3.8, 4) is 0 Å². The molecular formula is C11H21NO2. The lowest BCUT2D eigenvalue weighted by molar-refractivity contribution is -0.149. The molecule has 3 nitrogen and oxygen atoms in total. The molecular weight excluding hydrogens is 178 g/mol. The van der Waals surface area contributed by atoms with Gasteiger partial charge in [0.25, 0.3) is 0 Å². The Bertz CT molecular complexity index is 232. The van der Waals surface area contributed by atoms with Gasteiger partial charge in [0, 0.05) is 6.54 Å². The summed E-state index contributed by atoms with van der Waals surface area (Å²) in [5, 5.41) is 9.20. The topological polar surface area (TPSA) is 40.5 Å². The summed E-state index contributed by atoms with van der Waals surface area (Å²) in [6.07, 6.45) is 1.78. The smallest absolute Gasteiger partial charge is 0.323 e. The molecule has 0 aromatic rings. The molecule has 1 heterocycles. The average molecular weight is 199 g/mol. The van der Waals surface area contributed by atoms with E-state index in [0.29, 0.717) is 0 Å². The third-order valence-corrected chi connectivity index (χ3v) is 2.92. The summed E-state index contributed by atoms with van der Waals surface area (Å²) in [4.78, 5) is 13.3. The Labute approximate surface area is 86.1 Å². The van der Waals surface area contributed by atoms with E-state index in [1.54, 1.807) is 0 Å². The molecule has 0 radical (unpaired) electrons. The zero-order valence-corrected chi connectivity index (χ0v) is 9.63. The van der Waals surface area contributed by atoms with E-state index in [1.807, 2.05) is 6.92 Å². The Hall–Kier alpha value is -0.570. The van der Waals surface area contributed by atoms with E-state index in [4.69, 9.17) is 0 Å². The van der Waals surface area contributed by atoms with Crippen LogP contribution in [0.3, 0.4) is 0 Å². The van der Waals surface area contributed by atoms with Crippen molar-refractivity contribution < 1.29 is 9.90 Å². The fourth-order valence-electron chi connectivity index (χ4n) is 2.09. The van der Waals surface area contributed by atoms with E-state index >= 15 is 0 Å². The van der Waals surface area contributed by atoms with Gasteiger partial charge in [-0.2, -0.15) is 0 Å². The lowest BCUT2D eigenvalue weighted by atomic mass is 9.92. The molecule has 1 aliphatic heterocycles. The lowest BCUT2D eigenvalue weighted by Gasteiger charge is -2.35. The summed E-state index contributed by atoms with van der Waals surface area (Å²) in [5.41, 5.74) is -0.464. The molecule has 1 unspecified atom stereocenters. The van der Waals surface area contributed by atoms with Crippen molar-refractivity contribution in [3.05, 3.63) is 0 Å². The highest BCUT2D eigenvalue weighted by atomic mass is 16.4. The minimum absolute atomic E-state index is 0.168. The average Bonchev–Trinajstić information content (AvgIpc) is 2.30. The summed E-state index contributed by atoms with van der Waals surface area (Å²) in [6, 6.07) is 0. The van der Waals surface area contributed by atoms with Crippen LogP contribution in [0.2, 0.25) is 0 Å². The van der Waals surface area contributed by atoms with Gasteiger partial charge >= 0.3 is 5.97 Å². The molecule has 1 aliphatic rings. The lowest BCUT2D eigenvalue weighted by Crippen LogP contribution is -2.50. The molecule has 0 amide bonds. The highest BCUT2D eigenvalue weighted by Crippen LogP contribution is 2.32. The van der Waals surface area contributed by atoms with Crippen LogP contribution in [0.15, 0.2) is 0 Å². The first-order valence-corrected chi connectivity index (χ1v) is 5.24. The minimum atomic E-state index is -0.681. The number of hydrogen-bond donors (Lipinski definition) is 1. The van der Waals surface area contributed by atoms with Crippen molar-refractivity contribution in [1.82, 2.24) is 4.90 Å². The number of carboxylic acids is 1. The zero-order valence-electron chi connectivity index (χ0n) is 9.63. The van der Waals surface area contributed by atoms with E-state index in [2.05, 4.69) is 25.7 Å². The number of hydrogen-bond acceptors (Lipinski definition) is 2. The third kappa shape index (κ3) is 2.27. The number of carbonyl (C=O) groups is 1. The van der Waals surface area contributed by atoms with E-state index < -0.39 is 11.5 Å². The molecule has 1 N–H and O–H groups in total. The van der Waals surface area contributed by atoms with Crippen LogP contribution in [0.25, 0.3) is 0 Å². The van der Waals surface area contributed by atoms with Gasteiger partial charge in [0.15, 0.2) is 0 Å². The minimum Gasteiger partial charge on any atom is -0.480 e. The molecule has 0 spiro atoms. The molecule has 0 bridgehead atoms. The number of rotatable bonds is 2. The Kier molecular flexibility index (Phi) is 2.91. The van der Waals surface area contributed by atoms with Gasteiger partial charge < -0.3 is 5.11 Å². The van der Waals surface area contributed by atoms with Gasteiger partial charge in [-0.25, -0.2) is 0 Å². The monoisotopic (exact) mass is 199 g/mol. The third-order valence-electron chi connectivity index (χ3n) is 2.92. The molecule has 0 aromatic carbocycles. The molecule has 1 saturated heterocycles. The van der Waals surface area contributed by atoms with Crippen LogP contribution in [0.5, 0.6) is 0 Å². The Morgan fingerprint density at radius 2 is 2.07 bits per heavy atom.